The fraction of sp³-hybridized carbons (Fsp3) is 0.308. The van der Waals surface area contributed by atoms with Crippen LogP contribution in [-0.4, -0.2) is 30.1 Å². The predicted molar refractivity (Wildman–Crippen MR) is 90.2 cm³/mol. The molecule has 0 atom stereocenters. The van der Waals surface area contributed by atoms with E-state index in [1.165, 1.54) is 0 Å². The Balaban J connectivity index is 2.25. The molecule has 0 saturated heterocycles. The van der Waals surface area contributed by atoms with E-state index in [1.54, 1.807) is 17.8 Å². The summed E-state index contributed by atoms with van der Waals surface area (Å²) in [4.78, 5) is 3.72. The maximum atomic E-state index is 10.7. The Kier molecular flexibility index (Phi) is 5.32. The molecule has 2 rings (SSSR count). The smallest absolute Gasteiger partial charge is 0.0946 e. The van der Waals surface area contributed by atoms with Crippen LogP contribution in [0.4, 0.5) is 5.69 Å². The minimum absolute atomic E-state index is 0.256. The van der Waals surface area contributed by atoms with E-state index in [0.29, 0.717) is 11.6 Å². The van der Waals surface area contributed by atoms with Crippen LogP contribution in [0.3, 0.4) is 0 Å². The Bertz CT molecular complexity index is 701. The van der Waals surface area contributed by atoms with E-state index in [2.05, 4.69) is 0 Å². The minimum Gasteiger partial charge on any atom is -0.748 e. The van der Waals surface area contributed by atoms with E-state index in [4.69, 9.17) is 23.8 Å². The summed E-state index contributed by atoms with van der Waals surface area (Å²) < 4.78 is 32.2. The molecule has 0 amide bonds. The maximum Gasteiger partial charge on any atom is 0.0946 e. The average molecular weight is 363 g/mol. The summed E-state index contributed by atoms with van der Waals surface area (Å²) in [6.45, 7) is 2.25. The maximum absolute atomic E-state index is 10.7. The molecule has 0 spiro atoms. The van der Waals surface area contributed by atoms with E-state index < -0.39 is 10.1 Å². The van der Waals surface area contributed by atoms with Gasteiger partial charge < -0.3 is 9.45 Å². The predicted octanol–water partition coefficient (Wildman–Crippen LogP) is 3.42. The normalized spacial score (nSPS) is 16.3. The third-order valence-electron chi connectivity index (χ3n) is 2.80. The second-order valence-electron chi connectivity index (χ2n) is 4.57. The van der Waals surface area contributed by atoms with Gasteiger partial charge in [0.1, 0.15) is 0 Å². The van der Waals surface area contributed by atoms with Crippen molar-refractivity contribution >= 4 is 56.3 Å². The first-order valence-electron chi connectivity index (χ1n) is 6.17. The van der Waals surface area contributed by atoms with E-state index in [-0.39, 0.29) is 12.2 Å². The van der Waals surface area contributed by atoms with Gasteiger partial charge in [-0.25, -0.2) is 8.42 Å². The Labute approximate surface area is 138 Å². The third kappa shape index (κ3) is 4.69. The lowest BCUT2D eigenvalue weighted by Gasteiger charge is -2.21. The molecule has 1 heterocycles. The van der Waals surface area contributed by atoms with Crippen molar-refractivity contribution in [2.75, 3.05) is 17.2 Å². The van der Waals surface area contributed by atoms with Crippen molar-refractivity contribution in [3.8, 4) is 0 Å². The molecule has 1 aromatic carbocycles. The number of fused-ring (bicyclic) bond motifs is 1. The topological polar surface area (TPSA) is 60.4 Å². The molecule has 1 aliphatic rings. The molecular formula is C13H13ClNO3S3-. The van der Waals surface area contributed by atoms with Crippen molar-refractivity contribution < 1.29 is 13.0 Å². The van der Waals surface area contributed by atoms with Crippen LogP contribution >= 0.6 is 35.6 Å². The quantitative estimate of drug-likeness (QED) is 0.454. The summed E-state index contributed by atoms with van der Waals surface area (Å²) in [5.74, 6) is -0.381. The molecule has 0 saturated carbocycles. The number of nitrogens with zero attached hydrogens (tertiary/aromatic N) is 1. The zero-order valence-electron chi connectivity index (χ0n) is 11.2. The van der Waals surface area contributed by atoms with Gasteiger partial charge in [-0.05, 0) is 37.6 Å². The molecular weight excluding hydrogens is 350 g/mol. The van der Waals surface area contributed by atoms with Crippen LogP contribution in [0.1, 0.15) is 13.3 Å². The average Bonchev–Trinajstić information content (AvgIpc) is 2.65. The number of allylic oxidation sites excluding steroid dienone is 1. The molecule has 0 radical (unpaired) electrons. The van der Waals surface area contributed by atoms with Gasteiger partial charge in [0.05, 0.1) is 20.8 Å². The highest BCUT2D eigenvalue weighted by Gasteiger charge is 2.25. The standard InChI is InChI=1S/C13H14ClNO3S3/c1-9(19)7-13-15(5-2-6-21(16,17)18)11-8-10(14)3-4-12(11)20-13/h3-4,7-8H,2,5-6H2,1H3,(H,16,17,18)/p-1. The number of thiocarbonyl (C=S) groups is 1. The number of rotatable bonds is 5. The van der Waals surface area contributed by atoms with Crippen molar-refractivity contribution in [2.45, 2.75) is 18.2 Å². The number of hydrogen-bond acceptors (Lipinski definition) is 6. The largest absolute Gasteiger partial charge is 0.748 e. The molecule has 1 aliphatic heterocycles. The molecule has 0 fully saturated rings. The van der Waals surface area contributed by atoms with Crippen LogP contribution in [0.2, 0.25) is 5.02 Å². The van der Waals surface area contributed by atoms with Crippen LogP contribution in [-0.2, 0) is 10.1 Å². The van der Waals surface area contributed by atoms with Crippen LogP contribution in [0.15, 0.2) is 34.2 Å². The fourth-order valence-electron chi connectivity index (χ4n) is 1.99. The number of benzene rings is 1. The van der Waals surface area contributed by atoms with E-state index in [1.807, 2.05) is 30.0 Å². The van der Waals surface area contributed by atoms with Gasteiger partial charge in [0.15, 0.2) is 0 Å². The highest BCUT2D eigenvalue weighted by atomic mass is 35.5. The molecule has 0 aromatic heterocycles. The van der Waals surface area contributed by atoms with Gasteiger partial charge in [0, 0.05) is 27.1 Å². The van der Waals surface area contributed by atoms with Crippen molar-refractivity contribution in [1.29, 1.82) is 0 Å². The summed E-state index contributed by atoms with van der Waals surface area (Å²) in [5.41, 5.74) is 0.915. The van der Waals surface area contributed by atoms with Crippen molar-refractivity contribution in [3.63, 3.8) is 0 Å². The van der Waals surface area contributed by atoms with Crippen molar-refractivity contribution in [1.82, 2.24) is 0 Å². The van der Waals surface area contributed by atoms with E-state index >= 15 is 0 Å². The summed E-state index contributed by atoms with van der Waals surface area (Å²) in [6.07, 6.45) is 2.12. The second kappa shape index (κ2) is 6.66. The van der Waals surface area contributed by atoms with Crippen LogP contribution < -0.4 is 4.90 Å². The number of anilines is 1. The third-order valence-corrected chi connectivity index (χ3v) is 5.05. The zero-order chi connectivity index (χ0) is 15.6. The fourth-order valence-corrected chi connectivity index (χ4v) is 3.99. The first-order chi connectivity index (χ1) is 9.76. The summed E-state index contributed by atoms with van der Waals surface area (Å²) in [6, 6.07) is 5.55. The summed E-state index contributed by atoms with van der Waals surface area (Å²) in [5, 5.41) is 1.53. The van der Waals surface area contributed by atoms with Gasteiger partial charge in [0.2, 0.25) is 0 Å². The van der Waals surface area contributed by atoms with Crippen LogP contribution in [0.25, 0.3) is 0 Å². The number of thioether (sulfide) groups is 1. The highest BCUT2D eigenvalue weighted by Crippen LogP contribution is 2.46. The lowest BCUT2D eigenvalue weighted by Crippen LogP contribution is -2.22. The molecule has 0 N–H and O–H groups in total. The Morgan fingerprint density at radius 2 is 2.24 bits per heavy atom. The highest BCUT2D eigenvalue weighted by molar-refractivity contribution is 8.03. The molecule has 1 aromatic rings. The lowest BCUT2D eigenvalue weighted by atomic mass is 10.2. The first-order valence-corrected chi connectivity index (χ1v) is 9.35. The minimum atomic E-state index is -4.20. The molecule has 8 heteroatoms. The van der Waals surface area contributed by atoms with Gasteiger partial charge in [-0.3, -0.25) is 0 Å². The van der Waals surface area contributed by atoms with Gasteiger partial charge in [0.25, 0.3) is 0 Å². The molecule has 0 unspecified atom stereocenters. The first kappa shape index (κ1) is 16.8. The Hall–Kier alpha value is -0.600. The SMILES string of the molecule is CC(=S)C=C1Sc2ccc(Cl)cc2N1CCCS(=O)(=O)[O-]. The van der Waals surface area contributed by atoms with Gasteiger partial charge in [-0.2, -0.15) is 0 Å². The Morgan fingerprint density at radius 3 is 2.86 bits per heavy atom. The van der Waals surface area contributed by atoms with Crippen LogP contribution in [0, 0.1) is 0 Å². The monoisotopic (exact) mass is 362 g/mol. The van der Waals surface area contributed by atoms with Crippen molar-refractivity contribution in [2.24, 2.45) is 0 Å². The van der Waals surface area contributed by atoms with Crippen LogP contribution in [0.5, 0.6) is 0 Å². The Morgan fingerprint density at radius 1 is 1.52 bits per heavy atom. The van der Waals surface area contributed by atoms with Gasteiger partial charge >= 0.3 is 0 Å². The molecule has 114 valence electrons. The molecule has 21 heavy (non-hydrogen) atoms. The summed E-state index contributed by atoms with van der Waals surface area (Å²) >= 11 is 12.7. The van der Waals surface area contributed by atoms with E-state index in [9.17, 15) is 13.0 Å². The van der Waals surface area contributed by atoms with Crippen molar-refractivity contribution in [3.05, 3.63) is 34.3 Å². The van der Waals surface area contributed by atoms with Gasteiger partial charge in [-0.1, -0.05) is 35.6 Å². The summed E-state index contributed by atoms with van der Waals surface area (Å²) in [7, 11) is -4.20. The zero-order valence-corrected chi connectivity index (χ0v) is 14.4. The molecule has 4 nitrogen and oxygen atoms in total. The van der Waals surface area contributed by atoms with E-state index in [0.717, 1.165) is 20.5 Å². The molecule has 0 bridgehead atoms. The van der Waals surface area contributed by atoms with Gasteiger partial charge in [-0.15, -0.1) is 0 Å². The second-order valence-corrected chi connectivity index (χ2v) is 8.24. The number of halogens is 1. The number of hydrogen-bond donors (Lipinski definition) is 0. The lowest BCUT2D eigenvalue weighted by molar-refractivity contribution is 0.461. The molecule has 0 aliphatic carbocycles.